The maximum atomic E-state index is 5.54. The third-order valence-electron chi connectivity index (χ3n) is 3.53. The zero-order chi connectivity index (χ0) is 14.4. The average molecular weight is 279 g/mol. The van der Waals surface area contributed by atoms with E-state index in [4.69, 9.17) is 4.74 Å². The number of hydrogen-bond donors (Lipinski definition) is 1. The number of anilines is 2. The molecule has 0 aliphatic carbocycles. The summed E-state index contributed by atoms with van der Waals surface area (Å²) in [5.74, 6) is 2.06. The summed E-state index contributed by atoms with van der Waals surface area (Å²) in [6, 6.07) is 0.417. The maximum absolute atomic E-state index is 5.54. The summed E-state index contributed by atoms with van der Waals surface area (Å²) in [6.45, 7) is 6.99. The number of ether oxygens (including phenoxy) is 1. The van der Waals surface area contributed by atoms with Crippen molar-refractivity contribution in [2.45, 2.75) is 39.5 Å². The molecule has 0 bridgehead atoms. The number of nitrogens with one attached hydrogen (secondary N) is 1. The molecule has 2 rings (SSSR count). The minimum atomic E-state index is 0.417. The van der Waals surface area contributed by atoms with Crippen LogP contribution in [0.25, 0.3) is 0 Å². The summed E-state index contributed by atoms with van der Waals surface area (Å²) in [4.78, 5) is 15.4. The highest BCUT2D eigenvalue weighted by Gasteiger charge is 2.24. The molecule has 1 fully saturated rings. The molecule has 1 N–H and O–H groups in total. The fraction of sp³-hybridized carbons (Fsp3) is 0.786. The van der Waals surface area contributed by atoms with Crippen LogP contribution in [0, 0.1) is 5.92 Å². The molecule has 1 atom stereocenters. The summed E-state index contributed by atoms with van der Waals surface area (Å²) in [6.07, 6.45) is 4.68. The Morgan fingerprint density at radius 1 is 1.25 bits per heavy atom. The van der Waals surface area contributed by atoms with Crippen LogP contribution in [0.1, 0.15) is 39.5 Å². The molecule has 0 spiro atoms. The molecule has 1 aromatic heterocycles. The van der Waals surface area contributed by atoms with E-state index in [0.717, 1.165) is 31.4 Å². The van der Waals surface area contributed by atoms with Gasteiger partial charge >= 0.3 is 6.01 Å². The van der Waals surface area contributed by atoms with Crippen molar-refractivity contribution in [1.82, 2.24) is 15.0 Å². The van der Waals surface area contributed by atoms with Gasteiger partial charge < -0.3 is 15.0 Å². The van der Waals surface area contributed by atoms with Crippen LogP contribution in [0.3, 0.4) is 0 Å². The normalized spacial score (nSPS) is 18.4. The van der Waals surface area contributed by atoms with E-state index in [0.29, 0.717) is 18.6 Å². The van der Waals surface area contributed by atoms with Gasteiger partial charge in [0.25, 0.3) is 0 Å². The van der Waals surface area contributed by atoms with Crippen molar-refractivity contribution in [1.29, 1.82) is 0 Å². The Hall–Kier alpha value is -1.59. The molecule has 0 saturated carbocycles. The number of rotatable bonds is 7. The van der Waals surface area contributed by atoms with Gasteiger partial charge in [0, 0.05) is 20.1 Å². The van der Waals surface area contributed by atoms with E-state index in [1.54, 1.807) is 0 Å². The van der Waals surface area contributed by atoms with Gasteiger partial charge in [-0.25, -0.2) is 0 Å². The lowest BCUT2D eigenvalue weighted by atomic mass is 10.0. The van der Waals surface area contributed by atoms with Gasteiger partial charge in [-0.15, -0.1) is 0 Å². The number of aromatic nitrogens is 3. The molecule has 1 aliphatic rings. The standard InChI is InChI=1S/C14H25N5O/c1-4-6-11-7-8-19(10-11)13-16-12(15-3)17-14(18-13)20-9-5-2/h11H,4-10H2,1-3H3,(H,15,16,17,18). The van der Waals surface area contributed by atoms with Gasteiger partial charge in [-0.05, 0) is 25.2 Å². The molecule has 1 aliphatic heterocycles. The van der Waals surface area contributed by atoms with Gasteiger partial charge in [-0.1, -0.05) is 20.3 Å². The van der Waals surface area contributed by atoms with Crippen molar-refractivity contribution in [2.24, 2.45) is 5.92 Å². The van der Waals surface area contributed by atoms with Crippen molar-refractivity contribution in [3.05, 3.63) is 0 Å². The molecule has 6 heteroatoms. The first-order valence-electron chi connectivity index (χ1n) is 7.58. The molecule has 112 valence electrons. The third kappa shape index (κ3) is 3.71. The Kier molecular flexibility index (Phi) is 5.38. The zero-order valence-electron chi connectivity index (χ0n) is 12.7. The minimum Gasteiger partial charge on any atom is -0.463 e. The van der Waals surface area contributed by atoms with Crippen LogP contribution in [0.5, 0.6) is 6.01 Å². The molecular weight excluding hydrogens is 254 g/mol. The quantitative estimate of drug-likeness (QED) is 0.826. The fourth-order valence-corrected chi connectivity index (χ4v) is 2.52. The Morgan fingerprint density at radius 3 is 2.80 bits per heavy atom. The zero-order valence-corrected chi connectivity index (χ0v) is 12.7. The van der Waals surface area contributed by atoms with Crippen molar-refractivity contribution in [3.8, 4) is 6.01 Å². The van der Waals surface area contributed by atoms with Gasteiger partial charge in [0.1, 0.15) is 0 Å². The van der Waals surface area contributed by atoms with E-state index in [-0.39, 0.29) is 0 Å². The maximum Gasteiger partial charge on any atom is 0.323 e. The van der Waals surface area contributed by atoms with Crippen molar-refractivity contribution in [2.75, 3.05) is 37.0 Å². The summed E-state index contributed by atoms with van der Waals surface area (Å²) >= 11 is 0. The van der Waals surface area contributed by atoms with Crippen LogP contribution in [0.4, 0.5) is 11.9 Å². The van der Waals surface area contributed by atoms with Crippen LogP contribution >= 0.6 is 0 Å². The SMILES string of the molecule is CCCOc1nc(NC)nc(N2CCC(CCC)C2)n1. The molecule has 2 heterocycles. The second-order valence-electron chi connectivity index (χ2n) is 5.23. The second kappa shape index (κ2) is 7.26. The Labute approximate surface area is 121 Å². The van der Waals surface area contributed by atoms with Crippen LogP contribution in [0.15, 0.2) is 0 Å². The largest absolute Gasteiger partial charge is 0.463 e. The van der Waals surface area contributed by atoms with Gasteiger partial charge in [-0.2, -0.15) is 15.0 Å². The van der Waals surface area contributed by atoms with E-state index in [1.807, 2.05) is 7.05 Å². The summed E-state index contributed by atoms with van der Waals surface area (Å²) in [5.41, 5.74) is 0. The summed E-state index contributed by atoms with van der Waals surface area (Å²) < 4.78 is 5.54. The highest BCUT2D eigenvalue weighted by molar-refractivity contribution is 5.39. The number of nitrogens with zero attached hydrogens (tertiary/aromatic N) is 4. The van der Waals surface area contributed by atoms with Gasteiger partial charge in [-0.3, -0.25) is 0 Å². The first-order valence-corrected chi connectivity index (χ1v) is 7.58. The van der Waals surface area contributed by atoms with E-state index in [2.05, 4.69) is 39.0 Å². The van der Waals surface area contributed by atoms with E-state index in [1.165, 1.54) is 19.3 Å². The first kappa shape index (κ1) is 14.8. The van der Waals surface area contributed by atoms with Gasteiger partial charge in [0.15, 0.2) is 0 Å². The van der Waals surface area contributed by atoms with Crippen molar-refractivity contribution in [3.63, 3.8) is 0 Å². The molecule has 0 radical (unpaired) electrons. The lowest BCUT2D eigenvalue weighted by Gasteiger charge is -2.17. The van der Waals surface area contributed by atoms with E-state index < -0.39 is 0 Å². The highest BCUT2D eigenvalue weighted by atomic mass is 16.5. The molecule has 1 unspecified atom stereocenters. The fourth-order valence-electron chi connectivity index (χ4n) is 2.52. The third-order valence-corrected chi connectivity index (χ3v) is 3.53. The molecular formula is C14H25N5O. The minimum absolute atomic E-state index is 0.417. The van der Waals surface area contributed by atoms with Crippen LogP contribution in [0.2, 0.25) is 0 Å². The lowest BCUT2D eigenvalue weighted by molar-refractivity contribution is 0.292. The van der Waals surface area contributed by atoms with Gasteiger partial charge in [0.05, 0.1) is 6.61 Å². The van der Waals surface area contributed by atoms with Crippen LogP contribution in [-0.2, 0) is 0 Å². The topological polar surface area (TPSA) is 63.2 Å². The van der Waals surface area contributed by atoms with E-state index in [9.17, 15) is 0 Å². The number of hydrogen-bond acceptors (Lipinski definition) is 6. The Morgan fingerprint density at radius 2 is 2.10 bits per heavy atom. The predicted octanol–water partition coefficient (Wildman–Crippen LogP) is 2.33. The summed E-state index contributed by atoms with van der Waals surface area (Å²) in [5, 5.41) is 2.98. The monoisotopic (exact) mass is 279 g/mol. The highest BCUT2D eigenvalue weighted by Crippen LogP contribution is 2.25. The molecule has 1 aromatic rings. The van der Waals surface area contributed by atoms with Gasteiger partial charge in [0.2, 0.25) is 11.9 Å². The smallest absolute Gasteiger partial charge is 0.323 e. The Bertz CT molecular complexity index is 426. The predicted molar refractivity (Wildman–Crippen MR) is 80.4 cm³/mol. The van der Waals surface area contributed by atoms with Crippen LogP contribution < -0.4 is 15.0 Å². The molecule has 20 heavy (non-hydrogen) atoms. The second-order valence-corrected chi connectivity index (χ2v) is 5.23. The first-order chi connectivity index (χ1) is 9.76. The van der Waals surface area contributed by atoms with E-state index >= 15 is 0 Å². The molecule has 1 saturated heterocycles. The molecule has 0 aromatic carbocycles. The Balaban J connectivity index is 2.10. The molecule has 0 amide bonds. The van der Waals surface area contributed by atoms with Crippen LogP contribution in [-0.4, -0.2) is 41.7 Å². The van der Waals surface area contributed by atoms with Crippen molar-refractivity contribution >= 4 is 11.9 Å². The molecule has 6 nitrogen and oxygen atoms in total. The lowest BCUT2D eigenvalue weighted by Crippen LogP contribution is -2.23. The summed E-state index contributed by atoms with van der Waals surface area (Å²) in [7, 11) is 1.81. The average Bonchev–Trinajstić information content (AvgIpc) is 2.94. The van der Waals surface area contributed by atoms with Crippen molar-refractivity contribution < 1.29 is 4.74 Å².